The van der Waals surface area contributed by atoms with Crippen molar-refractivity contribution in [3.63, 3.8) is 0 Å². The number of nitrogens with zero attached hydrogens (tertiary/aromatic N) is 2. The second kappa shape index (κ2) is 8.96. The number of amides is 1. The van der Waals surface area contributed by atoms with Gasteiger partial charge in [0.25, 0.3) is 0 Å². The Labute approximate surface area is 141 Å². The van der Waals surface area contributed by atoms with Crippen molar-refractivity contribution in [1.29, 1.82) is 0 Å². The minimum absolute atomic E-state index is 0. The minimum Gasteiger partial charge on any atom is -0.340 e. The van der Waals surface area contributed by atoms with Crippen LogP contribution in [-0.4, -0.2) is 55.5 Å². The first-order valence-corrected chi connectivity index (χ1v) is 8.16. The van der Waals surface area contributed by atoms with E-state index in [2.05, 4.69) is 10.2 Å². The van der Waals surface area contributed by atoms with Gasteiger partial charge in [0.15, 0.2) is 0 Å². The summed E-state index contributed by atoms with van der Waals surface area (Å²) < 4.78 is 0.773. The SMILES string of the molecule is CNCC1CCCN1CC(=O)N(C)Cc1ccc(Cl)s1.Cl. The number of likely N-dealkylation sites (tertiary alicyclic amines) is 1. The lowest BCUT2D eigenvalue weighted by molar-refractivity contribution is -0.131. The van der Waals surface area contributed by atoms with E-state index in [-0.39, 0.29) is 18.3 Å². The average Bonchev–Trinajstić information content (AvgIpc) is 3.00. The van der Waals surface area contributed by atoms with Gasteiger partial charge in [0.05, 0.1) is 17.4 Å². The minimum atomic E-state index is 0. The molecule has 1 atom stereocenters. The van der Waals surface area contributed by atoms with Crippen molar-refractivity contribution in [3.8, 4) is 0 Å². The maximum absolute atomic E-state index is 12.3. The van der Waals surface area contributed by atoms with Gasteiger partial charge in [0, 0.05) is 24.5 Å². The van der Waals surface area contributed by atoms with Crippen LogP contribution >= 0.6 is 35.3 Å². The van der Waals surface area contributed by atoms with Crippen LogP contribution in [0.5, 0.6) is 0 Å². The number of carbonyl (C=O) groups excluding carboxylic acids is 1. The lowest BCUT2D eigenvalue weighted by Crippen LogP contribution is -2.43. The molecule has 4 nitrogen and oxygen atoms in total. The molecule has 7 heteroatoms. The Hall–Kier alpha value is -0.330. The van der Waals surface area contributed by atoms with E-state index in [0.29, 0.717) is 19.1 Å². The fourth-order valence-electron chi connectivity index (χ4n) is 2.62. The van der Waals surface area contributed by atoms with Crippen molar-refractivity contribution in [1.82, 2.24) is 15.1 Å². The molecule has 0 aliphatic carbocycles. The van der Waals surface area contributed by atoms with Crippen LogP contribution in [0.2, 0.25) is 4.34 Å². The Bertz CT molecular complexity index is 455. The van der Waals surface area contributed by atoms with E-state index in [4.69, 9.17) is 11.6 Å². The summed E-state index contributed by atoms with van der Waals surface area (Å²) >= 11 is 7.45. The zero-order valence-corrected chi connectivity index (χ0v) is 14.9. The van der Waals surface area contributed by atoms with Gasteiger partial charge in [0.1, 0.15) is 0 Å². The summed E-state index contributed by atoms with van der Waals surface area (Å²) in [6, 6.07) is 4.35. The average molecular weight is 352 g/mol. The van der Waals surface area contributed by atoms with Crippen LogP contribution in [0.25, 0.3) is 0 Å². The molecule has 0 spiro atoms. The summed E-state index contributed by atoms with van der Waals surface area (Å²) in [5, 5.41) is 3.21. The lowest BCUT2D eigenvalue weighted by Gasteiger charge is -2.26. The molecule has 120 valence electrons. The van der Waals surface area contributed by atoms with Crippen molar-refractivity contribution in [2.45, 2.75) is 25.4 Å². The number of likely N-dealkylation sites (N-methyl/N-ethyl adjacent to an activating group) is 2. The molecule has 1 unspecified atom stereocenters. The zero-order chi connectivity index (χ0) is 14.5. The highest BCUT2D eigenvalue weighted by molar-refractivity contribution is 7.16. The van der Waals surface area contributed by atoms with Crippen LogP contribution in [-0.2, 0) is 11.3 Å². The number of rotatable bonds is 6. The van der Waals surface area contributed by atoms with Gasteiger partial charge < -0.3 is 10.2 Å². The van der Waals surface area contributed by atoms with Crippen LogP contribution < -0.4 is 5.32 Å². The molecule has 0 saturated carbocycles. The molecule has 2 rings (SSSR count). The highest BCUT2D eigenvalue weighted by Crippen LogP contribution is 2.22. The van der Waals surface area contributed by atoms with Gasteiger partial charge in [-0.05, 0) is 38.6 Å². The van der Waals surface area contributed by atoms with Crippen LogP contribution in [0.4, 0.5) is 0 Å². The molecule has 1 aliphatic heterocycles. The Morgan fingerprint density at radius 2 is 2.33 bits per heavy atom. The molecular weight excluding hydrogens is 329 g/mol. The molecule has 21 heavy (non-hydrogen) atoms. The van der Waals surface area contributed by atoms with E-state index in [1.165, 1.54) is 24.2 Å². The van der Waals surface area contributed by atoms with Crippen LogP contribution in [0.3, 0.4) is 0 Å². The van der Waals surface area contributed by atoms with E-state index < -0.39 is 0 Å². The Balaban J connectivity index is 0.00000220. The Kier molecular flexibility index (Phi) is 7.98. The van der Waals surface area contributed by atoms with Crippen molar-refractivity contribution in [3.05, 3.63) is 21.3 Å². The summed E-state index contributed by atoms with van der Waals surface area (Å²) in [5.74, 6) is 0.178. The lowest BCUT2D eigenvalue weighted by atomic mass is 10.2. The second-order valence-electron chi connectivity index (χ2n) is 5.28. The number of hydrogen-bond donors (Lipinski definition) is 1. The molecule has 1 N–H and O–H groups in total. The van der Waals surface area contributed by atoms with Gasteiger partial charge in [-0.25, -0.2) is 0 Å². The first-order chi connectivity index (χ1) is 9.60. The van der Waals surface area contributed by atoms with E-state index in [1.54, 1.807) is 4.90 Å². The van der Waals surface area contributed by atoms with Crippen molar-refractivity contribution in [2.24, 2.45) is 0 Å². The molecule has 2 heterocycles. The molecule has 1 amide bonds. The monoisotopic (exact) mass is 351 g/mol. The van der Waals surface area contributed by atoms with E-state index >= 15 is 0 Å². The first kappa shape index (κ1) is 18.7. The molecule has 0 bridgehead atoms. The third-order valence-electron chi connectivity index (χ3n) is 3.72. The fourth-order valence-corrected chi connectivity index (χ4v) is 3.76. The van der Waals surface area contributed by atoms with E-state index in [1.807, 2.05) is 26.2 Å². The molecule has 1 fully saturated rings. The Morgan fingerprint density at radius 1 is 1.57 bits per heavy atom. The first-order valence-electron chi connectivity index (χ1n) is 6.97. The van der Waals surface area contributed by atoms with Gasteiger partial charge in [-0.3, -0.25) is 9.69 Å². The number of carbonyl (C=O) groups is 1. The summed E-state index contributed by atoms with van der Waals surface area (Å²) in [5.41, 5.74) is 0. The number of halogens is 2. The zero-order valence-electron chi connectivity index (χ0n) is 12.5. The van der Waals surface area contributed by atoms with E-state index in [9.17, 15) is 4.79 Å². The van der Waals surface area contributed by atoms with Crippen LogP contribution in [0.1, 0.15) is 17.7 Å². The quantitative estimate of drug-likeness (QED) is 0.854. The predicted octanol–water partition coefficient (Wildman–Crippen LogP) is 2.47. The van der Waals surface area contributed by atoms with Gasteiger partial charge in [-0.1, -0.05) is 11.6 Å². The molecule has 1 aromatic heterocycles. The second-order valence-corrected chi connectivity index (χ2v) is 7.08. The molecule has 1 aromatic rings. The summed E-state index contributed by atoms with van der Waals surface area (Å²) in [6.07, 6.45) is 2.36. The predicted molar refractivity (Wildman–Crippen MR) is 91.6 cm³/mol. The normalized spacial score (nSPS) is 18.5. The number of thiophene rings is 1. The van der Waals surface area contributed by atoms with E-state index in [0.717, 1.165) is 22.3 Å². The largest absolute Gasteiger partial charge is 0.340 e. The van der Waals surface area contributed by atoms with Gasteiger partial charge in [0.2, 0.25) is 5.91 Å². The molecule has 1 aliphatic rings. The highest BCUT2D eigenvalue weighted by atomic mass is 35.5. The third kappa shape index (κ3) is 5.42. The topological polar surface area (TPSA) is 35.6 Å². The van der Waals surface area contributed by atoms with Crippen molar-refractivity contribution >= 4 is 41.3 Å². The number of hydrogen-bond acceptors (Lipinski definition) is 4. The standard InChI is InChI=1S/C14H22ClN3OS.ClH/c1-16-8-11-4-3-7-18(11)10-14(19)17(2)9-12-5-6-13(15)20-12;/h5-6,11,16H,3-4,7-10H2,1-2H3;1H. The van der Waals surface area contributed by atoms with Crippen LogP contribution in [0.15, 0.2) is 12.1 Å². The maximum Gasteiger partial charge on any atom is 0.236 e. The molecular formula is C14H23Cl2N3OS. The van der Waals surface area contributed by atoms with Crippen molar-refractivity contribution < 1.29 is 4.79 Å². The molecule has 0 radical (unpaired) electrons. The smallest absolute Gasteiger partial charge is 0.236 e. The Morgan fingerprint density at radius 3 is 2.95 bits per heavy atom. The summed E-state index contributed by atoms with van der Waals surface area (Å²) in [6.45, 7) is 3.14. The summed E-state index contributed by atoms with van der Waals surface area (Å²) in [7, 11) is 3.82. The van der Waals surface area contributed by atoms with Crippen molar-refractivity contribution in [2.75, 3.05) is 33.7 Å². The number of nitrogens with one attached hydrogen (secondary N) is 1. The highest BCUT2D eigenvalue weighted by Gasteiger charge is 2.26. The molecule has 1 saturated heterocycles. The third-order valence-corrected chi connectivity index (χ3v) is 4.94. The fraction of sp³-hybridized carbons (Fsp3) is 0.643. The van der Waals surface area contributed by atoms with Crippen LogP contribution in [0, 0.1) is 0 Å². The maximum atomic E-state index is 12.3. The van der Waals surface area contributed by atoms with Gasteiger partial charge >= 0.3 is 0 Å². The molecule has 0 aromatic carbocycles. The van der Waals surface area contributed by atoms with Gasteiger partial charge in [-0.2, -0.15) is 0 Å². The van der Waals surface area contributed by atoms with Gasteiger partial charge in [-0.15, -0.1) is 23.7 Å². The summed E-state index contributed by atoms with van der Waals surface area (Å²) in [4.78, 5) is 17.5.